The molecule has 208 valence electrons. The molecule has 3 atom stereocenters. The predicted molar refractivity (Wildman–Crippen MR) is 150 cm³/mol. The SMILES string of the molecule is Cc1ccc(-c2ccc3c(c2)O[C@@H](CN(C)Cc2ccc(C(=O)O)cc2)[C@H](C)CN([C@@H](C)CO)S3(=O)=O)cc1. The number of carboxylic acids is 1. The fourth-order valence-electron chi connectivity index (χ4n) is 4.81. The molecule has 4 rings (SSSR count). The summed E-state index contributed by atoms with van der Waals surface area (Å²) in [5, 5.41) is 19.0. The van der Waals surface area contributed by atoms with Gasteiger partial charge in [-0.3, -0.25) is 4.90 Å². The van der Waals surface area contributed by atoms with E-state index in [4.69, 9.17) is 9.84 Å². The zero-order valence-corrected chi connectivity index (χ0v) is 23.6. The van der Waals surface area contributed by atoms with E-state index < -0.39 is 22.0 Å². The molecule has 1 aliphatic rings. The number of likely N-dealkylation sites (N-methyl/N-ethyl adjacent to an activating group) is 1. The van der Waals surface area contributed by atoms with E-state index in [2.05, 4.69) is 4.90 Å². The molecular formula is C30H36N2O6S. The first-order valence-electron chi connectivity index (χ1n) is 13.0. The first kappa shape index (κ1) is 28.8. The minimum absolute atomic E-state index is 0.0856. The molecule has 1 aliphatic heterocycles. The third kappa shape index (κ3) is 6.50. The van der Waals surface area contributed by atoms with Crippen molar-refractivity contribution in [1.82, 2.24) is 9.21 Å². The maximum absolute atomic E-state index is 13.7. The number of fused-ring (bicyclic) bond motifs is 1. The van der Waals surface area contributed by atoms with Gasteiger partial charge in [0.15, 0.2) is 0 Å². The lowest BCUT2D eigenvalue weighted by atomic mass is 10.0. The number of aliphatic hydroxyl groups excluding tert-OH is 1. The topological polar surface area (TPSA) is 107 Å². The van der Waals surface area contributed by atoms with Crippen LogP contribution in [0.15, 0.2) is 71.6 Å². The lowest BCUT2D eigenvalue weighted by Crippen LogP contribution is -2.49. The molecule has 39 heavy (non-hydrogen) atoms. The number of carboxylic acid groups (broad SMARTS) is 1. The summed E-state index contributed by atoms with van der Waals surface area (Å²) in [6.45, 7) is 6.67. The Morgan fingerprint density at radius 2 is 1.72 bits per heavy atom. The van der Waals surface area contributed by atoms with Crippen LogP contribution in [0.25, 0.3) is 11.1 Å². The summed E-state index contributed by atoms with van der Waals surface area (Å²) in [6, 6.07) is 19.4. The van der Waals surface area contributed by atoms with Gasteiger partial charge in [0.1, 0.15) is 16.7 Å². The molecule has 0 spiro atoms. The Kier molecular flexibility index (Phi) is 8.76. The summed E-state index contributed by atoms with van der Waals surface area (Å²) in [4.78, 5) is 13.3. The zero-order valence-electron chi connectivity index (χ0n) is 22.7. The van der Waals surface area contributed by atoms with E-state index in [-0.39, 0.29) is 35.6 Å². The summed E-state index contributed by atoms with van der Waals surface area (Å²) >= 11 is 0. The van der Waals surface area contributed by atoms with Gasteiger partial charge < -0.3 is 14.9 Å². The normalized spacial score (nSPS) is 19.9. The van der Waals surface area contributed by atoms with E-state index in [1.54, 1.807) is 49.4 Å². The number of hydrogen-bond donors (Lipinski definition) is 2. The van der Waals surface area contributed by atoms with Gasteiger partial charge in [0.05, 0.1) is 12.2 Å². The molecule has 0 fully saturated rings. The third-order valence-electron chi connectivity index (χ3n) is 7.20. The van der Waals surface area contributed by atoms with Crippen LogP contribution < -0.4 is 4.74 Å². The van der Waals surface area contributed by atoms with Gasteiger partial charge in [0, 0.05) is 31.6 Å². The first-order valence-corrected chi connectivity index (χ1v) is 14.4. The molecule has 3 aromatic carbocycles. The number of hydrogen-bond acceptors (Lipinski definition) is 6. The van der Waals surface area contributed by atoms with E-state index in [0.29, 0.717) is 18.8 Å². The van der Waals surface area contributed by atoms with Crippen LogP contribution in [0.3, 0.4) is 0 Å². The first-order chi connectivity index (χ1) is 18.5. The molecule has 0 aromatic heterocycles. The van der Waals surface area contributed by atoms with Crippen LogP contribution >= 0.6 is 0 Å². The molecule has 0 bridgehead atoms. The van der Waals surface area contributed by atoms with Crippen LogP contribution in [0.2, 0.25) is 0 Å². The highest BCUT2D eigenvalue weighted by Gasteiger charge is 2.38. The molecular weight excluding hydrogens is 516 g/mol. The molecule has 0 unspecified atom stereocenters. The molecule has 0 saturated heterocycles. The van der Waals surface area contributed by atoms with E-state index in [9.17, 15) is 18.3 Å². The van der Waals surface area contributed by atoms with Crippen LogP contribution in [0, 0.1) is 12.8 Å². The average molecular weight is 553 g/mol. The summed E-state index contributed by atoms with van der Waals surface area (Å²) in [5.74, 6) is -0.854. The van der Waals surface area contributed by atoms with Crippen LogP contribution in [0.1, 0.15) is 35.3 Å². The van der Waals surface area contributed by atoms with Gasteiger partial charge in [-0.05, 0) is 61.9 Å². The largest absolute Gasteiger partial charge is 0.487 e. The number of nitrogens with zero attached hydrogens (tertiary/aromatic N) is 2. The standard InChI is InChI=1S/C30H36N2O6S/c1-20-5-9-24(10-6-20)26-13-14-29-27(15-26)38-28(21(2)16-32(22(3)19-33)39(29,36)37)18-31(4)17-23-7-11-25(12-8-23)30(34)35/h5-15,21-22,28,33H,16-19H2,1-4H3,(H,34,35)/t21-,22+,28+/m1/s1. The summed E-state index contributed by atoms with van der Waals surface area (Å²) < 4.78 is 35.4. The molecule has 0 saturated carbocycles. The summed E-state index contributed by atoms with van der Waals surface area (Å²) in [5.41, 5.74) is 4.13. The van der Waals surface area contributed by atoms with Gasteiger partial charge in [-0.15, -0.1) is 0 Å². The second-order valence-electron chi connectivity index (χ2n) is 10.5. The Labute approximate surface area is 230 Å². The van der Waals surface area contributed by atoms with Crippen LogP contribution in [-0.4, -0.2) is 72.7 Å². The van der Waals surface area contributed by atoms with Crippen molar-refractivity contribution >= 4 is 16.0 Å². The Bertz CT molecular complexity index is 1410. The quantitative estimate of drug-likeness (QED) is 0.430. The number of ether oxygens (including phenoxy) is 1. The number of carbonyl (C=O) groups is 1. The van der Waals surface area contributed by atoms with Crippen LogP contribution in [0.4, 0.5) is 0 Å². The third-order valence-corrected chi connectivity index (χ3v) is 9.22. The average Bonchev–Trinajstić information content (AvgIpc) is 2.90. The lowest BCUT2D eigenvalue weighted by Gasteiger charge is -2.37. The highest BCUT2D eigenvalue weighted by molar-refractivity contribution is 7.89. The van der Waals surface area contributed by atoms with Gasteiger partial charge in [-0.2, -0.15) is 4.31 Å². The predicted octanol–water partition coefficient (Wildman–Crippen LogP) is 4.26. The fourth-order valence-corrected chi connectivity index (χ4v) is 6.63. The Hall–Kier alpha value is -3.24. The highest BCUT2D eigenvalue weighted by atomic mass is 32.2. The number of aryl methyl sites for hydroxylation is 1. The number of benzene rings is 3. The molecule has 9 heteroatoms. The minimum Gasteiger partial charge on any atom is -0.487 e. The van der Waals surface area contributed by atoms with E-state index in [1.165, 1.54) is 4.31 Å². The van der Waals surface area contributed by atoms with E-state index in [1.807, 2.05) is 45.2 Å². The fraction of sp³-hybridized carbons (Fsp3) is 0.367. The van der Waals surface area contributed by atoms with Gasteiger partial charge in [-0.25, -0.2) is 13.2 Å². The molecule has 0 aliphatic carbocycles. The van der Waals surface area contributed by atoms with Crippen molar-refractivity contribution in [2.75, 3.05) is 26.7 Å². The minimum atomic E-state index is -3.92. The number of sulfonamides is 1. The van der Waals surface area contributed by atoms with Crippen molar-refractivity contribution in [2.24, 2.45) is 5.92 Å². The number of aromatic carboxylic acids is 1. The van der Waals surface area contributed by atoms with Crippen LogP contribution in [-0.2, 0) is 16.6 Å². The summed E-state index contributed by atoms with van der Waals surface area (Å²) in [6.07, 6.45) is -0.343. The monoisotopic (exact) mass is 552 g/mol. The van der Waals surface area contributed by atoms with Crippen molar-refractivity contribution in [3.63, 3.8) is 0 Å². The van der Waals surface area contributed by atoms with Crippen molar-refractivity contribution in [3.05, 3.63) is 83.4 Å². The number of aliphatic hydroxyl groups is 1. The second kappa shape index (κ2) is 11.9. The lowest BCUT2D eigenvalue weighted by molar-refractivity contribution is 0.0697. The van der Waals surface area contributed by atoms with Gasteiger partial charge in [0.25, 0.3) is 0 Å². The number of rotatable bonds is 8. The van der Waals surface area contributed by atoms with Crippen molar-refractivity contribution < 1.29 is 28.2 Å². The van der Waals surface area contributed by atoms with E-state index >= 15 is 0 Å². The highest BCUT2D eigenvalue weighted by Crippen LogP contribution is 2.36. The molecule has 0 radical (unpaired) electrons. The van der Waals surface area contributed by atoms with Crippen molar-refractivity contribution in [2.45, 2.75) is 44.4 Å². The summed E-state index contributed by atoms with van der Waals surface area (Å²) in [7, 11) is -1.96. The Morgan fingerprint density at radius 1 is 1.08 bits per heavy atom. The van der Waals surface area contributed by atoms with Crippen molar-refractivity contribution in [1.29, 1.82) is 0 Å². The van der Waals surface area contributed by atoms with Crippen molar-refractivity contribution in [3.8, 4) is 16.9 Å². The van der Waals surface area contributed by atoms with Gasteiger partial charge in [-0.1, -0.05) is 55.0 Å². The molecule has 1 heterocycles. The Morgan fingerprint density at radius 3 is 2.33 bits per heavy atom. The zero-order chi connectivity index (χ0) is 28.3. The van der Waals surface area contributed by atoms with E-state index in [0.717, 1.165) is 22.3 Å². The molecule has 2 N–H and O–H groups in total. The van der Waals surface area contributed by atoms with Crippen LogP contribution in [0.5, 0.6) is 5.75 Å². The molecule has 0 amide bonds. The van der Waals surface area contributed by atoms with Gasteiger partial charge >= 0.3 is 5.97 Å². The smallest absolute Gasteiger partial charge is 0.335 e. The Balaban J connectivity index is 1.67. The maximum atomic E-state index is 13.7. The maximum Gasteiger partial charge on any atom is 0.335 e. The second-order valence-corrected chi connectivity index (χ2v) is 12.3. The molecule has 8 nitrogen and oxygen atoms in total. The van der Waals surface area contributed by atoms with Gasteiger partial charge in [0.2, 0.25) is 10.0 Å². The molecule has 3 aromatic rings.